The Balaban J connectivity index is 1.23. The molecule has 1 atom stereocenters. The second-order valence-corrected chi connectivity index (χ2v) is 12.6. The lowest BCUT2D eigenvalue weighted by Gasteiger charge is -2.24. The normalized spacial score (nSPS) is 15.2. The molecule has 1 saturated heterocycles. The first kappa shape index (κ1) is 27.8. The Kier molecular flexibility index (Phi) is 8.16. The number of benzene rings is 4. The summed E-state index contributed by atoms with van der Waals surface area (Å²) in [5.74, 6) is 0.131. The molecule has 4 aromatic carbocycles. The minimum atomic E-state index is -3.77. The second kappa shape index (κ2) is 11.8. The fourth-order valence-electron chi connectivity index (χ4n) is 4.33. The number of carbonyl (C=O) groups excluding carboxylic acids is 2. The number of nitrogens with one attached hydrogen (secondary N) is 2. The number of halogens is 1. The van der Waals surface area contributed by atoms with Crippen molar-refractivity contribution in [2.24, 2.45) is 0 Å². The summed E-state index contributed by atoms with van der Waals surface area (Å²) in [6.07, 6.45) is 0. The van der Waals surface area contributed by atoms with E-state index in [-0.39, 0.29) is 22.1 Å². The minimum Gasteiger partial charge on any atom is -0.322 e. The first-order valence-corrected chi connectivity index (χ1v) is 15.4. The van der Waals surface area contributed by atoms with Gasteiger partial charge < -0.3 is 10.2 Å². The molecule has 4 aromatic rings. The van der Waals surface area contributed by atoms with Crippen LogP contribution in [0.3, 0.4) is 0 Å². The first-order chi connectivity index (χ1) is 19.2. The Morgan fingerprint density at radius 3 is 2.33 bits per heavy atom. The van der Waals surface area contributed by atoms with Crippen LogP contribution in [0.2, 0.25) is 5.02 Å². The van der Waals surface area contributed by atoms with Crippen molar-refractivity contribution in [3.05, 3.63) is 124 Å². The third kappa shape index (κ3) is 6.50. The quantitative estimate of drug-likeness (QED) is 0.245. The zero-order valence-electron chi connectivity index (χ0n) is 21.5. The van der Waals surface area contributed by atoms with Crippen LogP contribution in [0, 0.1) is 6.92 Å². The molecule has 10 heteroatoms. The Morgan fingerprint density at radius 2 is 1.65 bits per heavy atom. The monoisotopic (exact) mass is 591 g/mol. The highest BCUT2D eigenvalue weighted by Crippen LogP contribution is 2.39. The molecule has 1 heterocycles. The zero-order chi connectivity index (χ0) is 28.3. The van der Waals surface area contributed by atoms with Crippen LogP contribution in [0.1, 0.15) is 32.4 Å². The van der Waals surface area contributed by atoms with Crippen LogP contribution >= 0.6 is 23.4 Å². The lowest BCUT2D eigenvalue weighted by atomic mass is 10.1. The van der Waals surface area contributed by atoms with Crippen molar-refractivity contribution in [3.8, 4) is 0 Å². The van der Waals surface area contributed by atoms with E-state index in [0.29, 0.717) is 34.3 Å². The number of sulfonamides is 1. The fraction of sp³-hybridized carbons (Fsp3) is 0.133. The molecule has 0 radical (unpaired) electrons. The van der Waals surface area contributed by atoms with Gasteiger partial charge in [0.1, 0.15) is 5.37 Å². The highest BCUT2D eigenvalue weighted by molar-refractivity contribution is 8.00. The number of hydrogen-bond donors (Lipinski definition) is 2. The maximum absolute atomic E-state index is 12.9. The van der Waals surface area contributed by atoms with Crippen LogP contribution in [0.5, 0.6) is 0 Å². The topological polar surface area (TPSA) is 95.6 Å². The number of aryl methyl sites for hydroxylation is 1. The summed E-state index contributed by atoms with van der Waals surface area (Å²) in [6, 6.07) is 27.7. The van der Waals surface area contributed by atoms with E-state index in [4.69, 9.17) is 11.6 Å². The van der Waals surface area contributed by atoms with Gasteiger partial charge in [-0.1, -0.05) is 48.0 Å². The number of carbonyl (C=O) groups is 2. The maximum atomic E-state index is 12.9. The van der Waals surface area contributed by atoms with Crippen LogP contribution in [0.4, 0.5) is 11.4 Å². The summed E-state index contributed by atoms with van der Waals surface area (Å²) in [5.41, 5.74) is 4.25. The van der Waals surface area contributed by atoms with E-state index < -0.39 is 10.0 Å². The number of rotatable bonds is 8. The number of anilines is 2. The van der Waals surface area contributed by atoms with E-state index in [1.54, 1.807) is 54.2 Å². The van der Waals surface area contributed by atoms with Gasteiger partial charge in [0, 0.05) is 28.5 Å². The van der Waals surface area contributed by atoms with Gasteiger partial charge in [-0.25, -0.2) is 8.42 Å². The molecule has 0 saturated carbocycles. The highest BCUT2D eigenvalue weighted by Gasteiger charge is 2.32. The maximum Gasteiger partial charge on any atom is 0.261 e. The summed E-state index contributed by atoms with van der Waals surface area (Å²) in [4.78, 5) is 27.3. The van der Waals surface area contributed by atoms with Crippen molar-refractivity contribution in [1.29, 1.82) is 0 Å². The van der Waals surface area contributed by atoms with E-state index in [1.807, 2.05) is 54.3 Å². The molecule has 1 aliphatic rings. The first-order valence-electron chi connectivity index (χ1n) is 12.4. The van der Waals surface area contributed by atoms with Gasteiger partial charge in [-0.15, -0.1) is 11.8 Å². The molecular weight excluding hydrogens is 566 g/mol. The van der Waals surface area contributed by atoms with Gasteiger partial charge >= 0.3 is 0 Å². The molecule has 0 spiro atoms. The van der Waals surface area contributed by atoms with Crippen LogP contribution < -0.4 is 10.0 Å². The molecule has 1 aliphatic heterocycles. The van der Waals surface area contributed by atoms with Gasteiger partial charge in [0.25, 0.3) is 15.9 Å². The van der Waals surface area contributed by atoms with Gasteiger partial charge in [-0.2, -0.15) is 0 Å². The molecule has 5 rings (SSSR count). The predicted molar refractivity (Wildman–Crippen MR) is 160 cm³/mol. The number of hydrogen-bond acceptors (Lipinski definition) is 5. The van der Waals surface area contributed by atoms with Crippen LogP contribution in [-0.2, 0) is 21.4 Å². The largest absolute Gasteiger partial charge is 0.322 e. The second-order valence-electron chi connectivity index (χ2n) is 9.39. The smallest absolute Gasteiger partial charge is 0.261 e. The molecule has 0 bridgehead atoms. The van der Waals surface area contributed by atoms with Crippen LogP contribution in [0.25, 0.3) is 0 Å². The average molecular weight is 592 g/mol. The minimum absolute atomic E-state index is 0.0614. The Morgan fingerprint density at radius 1 is 0.950 bits per heavy atom. The molecule has 204 valence electrons. The molecule has 0 aliphatic carbocycles. The van der Waals surface area contributed by atoms with Crippen molar-refractivity contribution in [2.45, 2.75) is 23.7 Å². The standard InChI is InChI=1S/C30H26ClN3O4S2/c1-20-3-2-4-26(17-20)33-40(37,38)27-15-13-25(14-16-27)32-29(36)22-7-9-23(10-8-22)30-34(28(35)19-39-30)18-21-5-11-24(31)12-6-21/h2-17,30,33H,18-19H2,1H3,(H,32,36)/t30-/m0/s1. The number of nitrogens with zero attached hydrogens (tertiary/aromatic N) is 1. The molecule has 7 nitrogen and oxygen atoms in total. The van der Waals surface area contributed by atoms with Gasteiger partial charge in [-0.05, 0) is 84.3 Å². The molecular formula is C30H26ClN3O4S2. The average Bonchev–Trinajstić information content (AvgIpc) is 3.29. The van der Waals surface area contributed by atoms with Crippen molar-refractivity contribution >= 4 is 56.6 Å². The fourth-order valence-corrected chi connectivity index (χ4v) is 6.69. The predicted octanol–water partition coefficient (Wildman–Crippen LogP) is 6.48. The Bertz CT molecular complexity index is 1640. The molecule has 0 unspecified atom stereocenters. The molecule has 2 amide bonds. The lowest BCUT2D eigenvalue weighted by Crippen LogP contribution is -2.27. The zero-order valence-corrected chi connectivity index (χ0v) is 23.9. The molecule has 40 heavy (non-hydrogen) atoms. The van der Waals surface area contributed by atoms with E-state index in [0.717, 1.165) is 16.7 Å². The molecule has 0 aromatic heterocycles. The van der Waals surface area contributed by atoms with E-state index in [2.05, 4.69) is 10.0 Å². The van der Waals surface area contributed by atoms with Gasteiger partial charge in [-0.3, -0.25) is 14.3 Å². The van der Waals surface area contributed by atoms with E-state index in [9.17, 15) is 18.0 Å². The van der Waals surface area contributed by atoms with Gasteiger partial charge in [0.15, 0.2) is 0 Å². The van der Waals surface area contributed by atoms with Crippen molar-refractivity contribution in [2.75, 3.05) is 15.8 Å². The van der Waals surface area contributed by atoms with E-state index in [1.165, 1.54) is 12.1 Å². The summed E-state index contributed by atoms with van der Waals surface area (Å²) in [5, 5.41) is 3.30. The number of amides is 2. The van der Waals surface area contributed by atoms with Crippen LogP contribution in [0.15, 0.2) is 102 Å². The third-order valence-electron chi connectivity index (χ3n) is 6.39. The van der Waals surface area contributed by atoms with Crippen molar-refractivity contribution in [3.63, 3.8) is 0 Å². The Hall–Kier alpha value is -3.79. The van der Waals surface area contributed by atoms with Gasteiger partial charge in [0.2, 0.25) is 5.91 Å². The summed E-state index contributed by atoms with van der Waals surface area (Å²) < 4.78 is 28.0. The summed E-state index contributed by atoms with van der Waals surface area (Å²) in [6.45, 7) is 2.36. The van der Waals surface area contributed by atoms with Crippen LogP contribution in [-0.4, -0.2) is 30.9 Å². The SMILES string of the molecule is Cc1cccc(NS(=O)(=O)c2ccc(NC(=O)c3ccc([C@@H]4SCC(=O)N4Cc4ccc(Cl)cc4)cc3)cc2)c1. The third-order valence-corrected chi connectivity index (χ3v) is 9.29. The number of thioether (sulfide) groups is 1. The molecule has 2 N–H and O–H groups in total. The molecule has 1 fully saturated rings. The van der Waals surface area contributed by atoms with Crippen molar-refractivity contribution < 1.29 is 18.0 Å². The highest BCUT2D eigenvalue weighted by atomic mass is 35.5. The lowest BCUT2D eigenvalue weighted by molar-refractivity contribution is -0.128. The van der Waals surface area contributed by atoms with E-state index >= 15 is 0 Å². The van der Waals surface area contributed by atoms with Gasteiger partial charge in [0.05, 0.1) is 10.6 Å². The summed E-state index contributed by atoms with van der Waals surface area (Å²) >= 11 is 7.54. The van der Waals surface area contributed by atoms with Crippen molar-refractivity contribution in [1.82, 2.24) is 4.90 Å². The Labute approximate surface area is 242 Å². The summed E-state index contributed by atoms with van der Waals surface area (Å²) in [7, 11) is -3.77.